The van der Waals surface area contributed by atoms with Crippen molar-refractivity contribution in [3.05, 3.63) is 34.9 Å². The van der Waals surface area contributed by atoms with Crippen LogP contribution in [0.5, 0.6) is 0 Å². The Bertz CT molecular complexity index is 450. The fourth-order valence-electron chi connectivity index (χ4n) is 3.09. The molecule has 3 rings (SSSR count). The Kier molecular flexibility index (Phi) is 3.33. The van der Waals surface area contributed by atoms with Crippen molar-refractivity contribution < 1.29 is 4.79 Å². The zero-order chi connectivity index (χ0) is 12.4. The van der Waals surface area contributed by atoms with Gasteiger partial charge >= 0.3 is 0 Å². The van der Waals surface area contributed by atoms with E-state index in [-0.39, 0.29) is 5.91 Å². The smallest absolute Gasteiger partial charge is 0.224 e. The number of fused-ring (bicyclic) bond motifs is 1. The molecule has 1 amide bonds. The number of hydrogen-bond acceptors (Lipinski definition) is 2. The van der Waals surface area contributed by atoms with Crippen LogP contribution in [0.15, 0.2) is 18.2 Å². The first kappa shape index (κ1) is 11.7. The van der Waals surface area contributed by atoms with Crippen LogP contribution >= 0.6 is 0 Å². The van der Waals surface area contributed by atoms with Crippen LogP contribution in [0, 0.1) is 0 Å². The molecule has 1 aliphatic carbocycles. The maximum Gasteiger partial charge on any atom is 0.224 e. The standard InChI is InChI=1S/C15H20N2O/c18-15(17-13-6-1-2-7-13)8-11-4-3-5-12-9-16-10-14(11)12/h3-5,13,16H,1-2,6-10H2,(H,17,18). The van der Waals surface area contributed by atoms with Gasteiger partial charge in [0.2, 0.25) is 5.91 Å². The Balaban J connectivity index is 1.65. The summed E-state index contributed by atoms with van der Waals surface area (Å²) in [4.78, 5) is 12.0. The minimum atomic E-state index is 0.183. The normalized spacial score (nSPS) is 18.9. The van der Waals surface area contributed by atoms with E-state index in [1.54, 1.807) is 0 Å². The Morgan fingerprint density at radius 3 is 2.94 bits per heavy atom. The highest BCUT2D eigenvalue weighted by molar-refractivity contribution is 5.79. The van der Waals surface area contributed by atoms with Gasteiger partial charge < -0.3 is 10.6 Å². The number of amides is 1. The Labute approximate surface area is 108 Å². The average Bonchev–Trinajstić information content (AvgIpc) is 2.99. The van der Waals surface area contributed by atoms with E-state index in [1.807, 2.05) is 0 Å². The predicted molar refractivity (Wildman–Crippen MR) is 71.1 cm³/mol. The Morgan fingerprint density at radius 2 is 2.11 bits per heavy atom. The molecule has 1 heterocycles. The van der Waals surface area contributed by atoms with Crippen molar-refractivity contribution in [2.24, 2.45) is 0 Å². The minimum Gasteiger partial charge on any atom is -0.353 e. The summed E-state index contributed by atoms with van der Waals surface area (Å²) in [5, 5.41) is 6.50. The highest BCUT2D eigenvalue weighted by Gasteiger charge is 2.19. The Hall–Kier alpha value is -1.35. The quantitative estimate of drug-likeness (QED) is 0.852. The van der Waals surface area contributed by atoms with E-state index in [0.29, 0.717) is 12.5 Å². The molecule has 0 spiro atoms. The van der Waals surface area contributed by atoms with Crippen LogP contribution in [0.4, 0.5) is 0 Å². The van der Waals surface area contributed by atoms with Gasteiger partial charge in [0, 0.05) is 19.1 Å². The van der Waals surface area contributed by atoms with Gasteiger partial charge in [0.25, 0.3) is 0 Å². The molecule has 1 fully saturated rings. The van der Waals surface area contributed by atoms with E-state index in [2.05, 4.69) is 28.8 Å². The van der Waals surface area contributed by atoms with E-state index in [1.165, 1.54) is 29.5 Å². The third-order valence-electron chi connectivity index (χ3n) is 4.06. The largest absolute Gasteiger partial charge is 0.353 e. The van der Waals surface area contributed by atoms with Crippen LogP contribution in [-0.2, 0) is 24.3 Å². The van der Waals surface area contributed by atoms with Crippen LogP contribution in [0.2, 0.25) is 0 Å². The van der Waals surface area contributed by atoms with Crippen molar-refractivity contribution in [3.8, 4) is 0 Å². The number of carbonyl (C=O) groups is 1. The second-order valence-corrected chi connectivity index (χ2v) is 5.38. The molecule has 18 heavy (non-hydrogen) atoms. The molecule has 2 aliphatic rings. The van der Waals surface area contributed by atoms with Crippen molar-refractivity contribution in [2.75, 3.05) is 0 Å². The molecule has 1 aromatic carbocycles. The number of benzene rings is 1. The number of carbonyl (C=O) groups excluding carboxylic acids is 1. The lowest BCUT2D eigenvalue weighted by Gasteiger charge is -2.13. The molecular formula is C15H20N2O. The highest BCUT2D eigenvalue weighted by Crippen LogP contribution is 2.21. The van der Waals surface area contributed by atoms with Gasteiger partial charge in [0.05, 0.1) is 6.42 Å². The predicted octanol–water partition coefficient (Wildman–Crippen LogP) is 1.89. The fourth-order valence-corrected chi connectivity index (χ4v) is 3.09. The maximum absolute atomic E-state index is 12.0. The summed E-state index contributed by atoms with van der Waals surface area (Å²) < 4.78 is 0. The highest BCUT2D eigenvalue weighted by atomic mass is 16.1. The fraction of sp³-hybridized carbons (Fsp3) is 0.533. The van der Waals surface area contributed by atoms with Gasteiger partial charge in [0.1, 0.15) is 0 Å². The molecule has 1 aromatic rings. The minimum absolute atomic E-state index is 0.183. The lowest BCUT2D eigenvalue weighted by molar-refractivity contribution is -0.121. The first-order valence-corrected chi connectivity index (χ1v) is 6.92. The molecule has 1 aliphatic heterocycles. The van der Waals surface area contributed by atoms with Gasteiger partial charge in [0.15, 0.2) is 0 Å². The van der Waals surface area contributed by atoms with Gasteiger partial charge in [-0.3, -0.25) is 4.79 Å². The monoisotopic (exact) mass is 244 g/mol. The maximum atomic E-state index is 12.0. The third-order valence-corrected chi connectivity index (χ3v) is 4.06. The van der Waals surface area contributed by atoms with Crippen molar-refractivity contribution >= 4 is 5.91 Å². The van der Waals surface area contributed by atoms with Gasteiger partial charge in [-0.25, -0.2) is 0 Å². The van der Waals surface area contributed by atoms with Crippen molar-refractivity contribution in [3.63, 3.8) is 0 Å². The second-order valence-electron chi connectivity index (χ2n) is 5.38. The second kappa shape index (κ2) is 5.11. The summed E-state index contributed by atoms with van der Waals surface area (Å²) >= 11 is 0. The summed E-state index contributed by atoms with van der Waals surface area (Å²) in [5.41, 5.74) is 3.87. The molecule has 0 radical (unpaired) electrons. The lowest BCUT2D eigenvalue weighted by Crippen LogP contribution is -2.33. The van der Waals surface area contributed by atoms with Gasteiger partial charge in [-0.15, -0.1) is 0 Å². The van der Waals surface area contributed by atoms with Crippen LogP contribution < -0.4 is 10.6 Å². The van der Waals surface area contributed by atoms with Gasteiger partial charge in [-0.1, -0.05) is 31.0 Å². The number of hydrogen-bond donors (Lipinski definition) is 2. The summed E-state index contributed by atoms with van der Waals surface area (Å²) in [6, 6.07) is 6.71. The van der Waals surface area contributed by atoms with Gasteiger partial charge in [-0.2, -0.15) is 0 Å². The molecule has 0 unspecified atom stereocenters. The Morgan fingerprint density at radius 1 is 1.28 bits per heavy atom. The molecule has 0 bridgehead atoms. The molecule has 96 valence electrons. The summed E-state index contributed by atoms with van der Waals surface area (Å²) in [5.74, 6) is 0.183. The van der Waals surface area contributed by atoms with E-state index >= 15 is 0 Å². The van der Waals surface area contributed by atoms with Crippen molar-refractivity contribution in [2.45, 2.75) is 51.2 Å². The van der Waals surface area contributed by atoms with E-state index in [0.717, 1.165) is 25.9 Å². The van der Waals surface area contributed by atoms with Gasteiger partial charge in [-0.05, 0) is 29.5 Å². The topological polar surface area (TPSA) is 41.1 Å². The SMILES string of the molecule is O=C(Cc1cccc2c1CNC2)NC1CCCC1. The molecule has 0 atom stereocenters. The zero-order valence-electron chi connectivity index (χ0n) is 10.7. The first-order valence-electron chi connectivity index (χ1n) is 6.92. The summed E-state index contributed by atoms with van der Waals surface area (Å²) in [6.45, 7) is 1.84. The number of nitrogens with one attached hydrogen (secondary N) is 2. The zero-order valence-corrected chi connectivity index (χ0v) is 10.7. The molecule has 3 nitrogen and oxygen atoms in total. The van der Waals surface area contributed by atoms with Crippen molar-refractivity contribution in [1.29, 1.82) is 0 Å². The van der Waals surface area contributed by atoms with E-state index in [9.17, 15) is 4.79 Å². The third kappa shape index (κ3) is 2.41. The molecular weight excluding hydrogens is 224 g/mol. The van der Waals surface area contributed by atoms with Crippen LogP contribution in [0.1, 0.15) is 42.4 Å². The van der Waals surface area contributed by atoms with Crippen LogP contribution in [-0.4, -0.2) is 11.9 Å². The molecule has 0 aromatic heterocycles. The summed E-state index contributed by atoms with van der Waals surface area (Å²) in [7, 11) is 0. The summed E-state index contributed by atoms with van der Waals surface area (Å²) in [6.07, 6.45) is 5.35. The number of rotatable bonds is 3. The molecule has 1 saturated carbocycles. The molecule has 0 saturated heterocycles. The average molecular weight is 244 g/mol. The van der Waals surface area contributed by atoms with Crippen LogP contribution in [0.3, 0.4) is 0 Å². The lowest BCUT2D eigenvalue weighted by atomic mass is 10.0. The van der Waals surface area contributed by atoms with Crippen LogP contribution in [0.25, 0.3) is 0 Å². The van der Waals surface area contributed by atoms with E-state index < -0.39 is 0 Å². The first-order chi connectivity index (χ1) is 8.83. The van der Waals surface area contributed by atoms with E-state index in [4.69, 9.17) is 0 Å². The molecule has 2 N–H and O–H groups in total. The molecule has 3 heteroatoms. The van der Waals surface area contributed by atoms with Crippen molar-refractivity contribution in [1.82, 2.24) is 10.6 Å².